The zero-order valence-corrected chi connectivity index (χ0v) is 17.7. The molecule has 1 unspecified atom stereocenters. The largest absolute Gasteiger partial charge is 0.465 e. The summed E-state index contributed by atoms with van der Waals surface area (Å²) >= 11 is 0. The van der Waals surface area contributed by atoms with E-state index in [9.17, 15) is 9.59 Å². The molecule has 0 aliphatic carbocycles. The Labute approximate surface area is 178 Å². The van der Waals surface area contributed by atoms with Crippen molar-refractivity contribution in [3.63, 3.8) is 0 Å². The summed E-state index contributed by atoms with van der Waals surface area (Å²) < 4.78 is 10.3. The maximum atomic E-state index is 12.3. The van der Waals surface area contributed by atoms with Crippen molar-refractivity contribution in [3.05, 3.63) is 23.8 Å². The van der Waals surface area contributed by atoms with Crippen LogP contribution in [-0.4, -0.2) is 58.4 Å². The van der Waals surface area contributed by atoms with Crippen LogP contribution < -0.4 is 15.5 Å². The second-order valence-corrected chi connectivity index (χ2v) is 6.77. The fraction of sp³-hybridized carbons (Fsp3) is 0.579. The zero-order chi connectivity index (χ0) is 18.4. The lowest BCUT2D eigenvalue weighted by Gasteiger charge is -2.29. The Morgan fingerprint density at radius 3 is 2.68 bits per heavy atom. The third kappa shape index (κ3) is 6.51. The number of halogens is 2. The normalized spacial score (nSPS) is 18.6. The van der Waals surface area contributed by atoms with Crippen LogP contribution in [-0.2, 0) is 14.3 Å². The van der Waals surface area contributed by atoms with E-state index >= 15 is 0 Å². The summed E-state index contributed by atoms with van der Waals surface area (Å²) in [5.74, 6) is 0.0427. The smallest absolute Gasteiger partial charge is 0.340 e. The minimum atomic E-state index is -0.449. The van der Waals surface area contributed by atoms with Gasteiger partial charge in [0.2, 0.25) is 5.91 Å². The number of nitrogens with zero attached hydrogens (tertiary/aromatic N) is 1. The second kappa shape index (κ2) is 12.1. The van der Waals surface area contributed by atoms with Crippen molar-refractivity contribution in [2.24, 2.45) is 5.92 Å². The topological polar surface area (TPSA) is 79.9 Å². The molecule has 1 amide bonds. The van der Waals surface area contributed by atoms with Crippen molar-refractivity contribution in [2.75, 3.05) is 56.7 Å². The van der Waals surface area contributed by atoms with E-state index in [1.807, 2.05) is 6.07 Å². The highest BCUT2D eigenvalue weighted by Gasteiger charge is 2.20. The molecule has 0 aromatic heterocycles. The maximum absolute atomic E-state index is 12.3. The van der Waals surface area contributed by atoms with E-state index < -0.39 is 5.97 Å². The number of ether oxygens (including phenoxy) is 2. The van der Waals surface area contributed by atoms with Crippen LogP contribution in [0.3, 0.4) is 0 Å². The van der Waals surface area contributed by atoms with Gasteiger partial charge in [0.25, 0.3) is 0 Å². The minimum Gasteiger partial charge on any atom is -0.465 e. The lowest BCUT2D eigenvalue weighted by atomic mass is 10.0. The van der Waals surface area contributed by atoms with E-state index in [1.165, 1.54) is 7.11 Å². The summed E-state index contributed by atoms with van der Waals surface area (Å²) in [6, 6.07) is 5.49. The molecule has 0 radical (unpaired) electrons. The van der Waals surface area contributed by atoms with Crippen molar-refractivity contribution in [1.29, 1.82) is 0 Å². The number of esters is 1. The summed E-state index contributed by atoms with van der Waals surface area (Å²) in [5, 5.41) is 6.18. The molecule has 28 heavy (non-hydrogen) atoms. The van der Waals surface area contributed by atoms with Crippen LogP contribution in [0.1, 0.15) is 29.6 Å². The highest BCUT2D eigenvalue weighted by molar-refractivity contribution is 6.02. The Bertz CT molecular complexity index is 648. The molecular formula is C19H29Cl2N3O4. The Balaban J connectivity index is 0.00000196. The van der Waals surface area contributed by atoms with E-state index in [1.54, 1.807) is 12.1 Å². The van der Waals surface area contributed by atoms with Crippen molar-refractivity contribution in [3.8, 4) is 0 Å². The third-order valence-electron chi connectivity index (χ3n) is 5.00. The molecule has 0 bridgehead atoms. The Hall–Kier alpha value is -1.54. The molecule has 7 nitrogen and oxygen atoms in total. The third-order valence-corrected chi connectivity index (χ3v) is 5.00. The average molecular weight is 434 g/mol. The first-order chi connectivity index (χ1) is 12.7. The van der Waals surface area contributed by atoms with E-state index in [0.717, 1.165) is 44.7 Å². The molecular weight excluding hydrogens is 405 g/mol. The van der Waals surface area contributed by atoms with Gasteiger partial charge in [0.1, 0.15) is 0 Å². The molecule has 2 saturated heterocycles. The first-order valence-corrected chi connectivity index (χ1v) is 9.23. The quantitative estimate of drug-likeness (QED) is 0.670. The van der Waals surface area contributed by atoms with E-state index in [2.05, 4.69) is 15.5 Å². The van der Waals surface area contributed by atoms with Gasteiger partial charge in [-0.2, -0.15) is 0 Å². The summed E-state index contributed by atoms with van der Waals surface area (Å²) in [6.45, 7) is 4.91. The Morgan fingerprint density at radius 2 is 2.04 bits per heavy atom. The van der Waals surface area contributed by atoms with Crippen LogP contribution in [0, 0.1) is 5.92 Å². The van der Waals surface area contributed by atoms with Gasteiger partial charge < -0.3 is 25.0 Å². The first kappa shape index (κ1) is 24.5. The van der Waals surface area contributed by atoms with E-state index in [-0.39, 0.29) is 30.7 Å². The molecule has 0 saturated carbocycles. The molecule has 1 aromatic carbocycles. The van der Waals surface area contributed by atoms with Gasteiger partial charge in [0.15, 0.2) is 0 Å². The zero-order valence-electron chi connectivity index (χ0n) is 16.1. The first-order valence-electron chi connectivity index (χ1n) is 9.23. The standard InChI is InChI=1S/C19H27N3O4.2ClH/c1-25-19(24)16-12-15(22-8-10-26-11-9-22)3-4-17(16)21-18(23)5-2-14-6-7-20-13-14;;/h3-4,12,14,20H,2,5-11,13H2,1H3,(H,21,23);2*1H. The number of methoxy groups -OCH3 is 1. The molecule has 2 heterocycles. The van der Waals surface area contributed by atoms with Gasteiger partial charge >= 0.3 is 5.97 Å². The van der Waals surface area contributed by atoms with Gasteiger partial charge in [0.05, 0.1) is 31.6 Å². The number of carbonyl (C=O) groups excluding carboxylic acids is 2. The molecule has 9 heteroatoms. The minimum absolute atomic E-state index is 0. The predicted octanol–water partition coefficient (Wildman–Crippen LogP) is 2.48. The summed E-state index contributed by atoms with van der Waals surface area (Å²) in [7, 11) is 1.35. The summed E-state index contributed by atoms with van der Waals surface area (Å²) in [6.07, 6.45) is 2.44. The molecule has 3 rings (SSSR count). The fourth-order valence-corrected chi connectivity index (χ4v) is 3.45. The molecule has 2 aliphatic heterocycles. The number of amides is 1. The van der Waals surface area contributed by atoms with Gasteiger partial charge in [0, 0.05) is 25.2 Å². The summed E-state index contributed by atoms with van der Waals surface area (Å²) in [5.41, 5.74) is 1.82. The Kier molecular flexibility index (Phi) is 10.6. The predicted molar refractivity (Wildman–Crippen MR) is 114 cm³/mol. The van der Waals surface area contributed by atoms with Crippen LogP contribution in [0.2, 0.25) is 0 Å². The van der Waals surface area contributed by atoms with Gasteiger partial charge in [-0.3, -0.25) is 4.79 Å². The molecule has 2 N–H and O–H groups in total. The SMILES string of the molecule is COC(=O)c1cc(N2CCOCC2)ccc1NC(=O)CCC1CCNC1.Cl.Cl. The molecule has 2 fully saturated rings. The number of nitrogens with one attached hydrogen (secondary N) is 2. The highest BCUT2D eigenvalue weighted by Crippen LogP contribution is 2.25. The number of anilines is 2. The molecule has 1 aromatic rings. The van der Waals surface area contributed by atoms with E-state index in [4.69, 9.17) is 9.47 Å². The monoisotopic (exact) mass is 433 g/mol. The van der Waals surface area contributed by atoms with Crippen molar-refractivity contribution in [1.82, 2.24) is 5.32 Å². The second-order valence-electron chi connectivity index (χ2n) is 6.77. The lowest BCUT2D eigenvalue weighted by Crippen LogP contribution is -2.36. The summed E-state index contributed by atoms with van der Waals surface area (Å²) in [4.78, 5) is 26.7. The maximum Gasteiger partial charge on any atom is 0.340 e. The number of carbonyl (C=O) groups is 2. The Morgan fingerprint density at radius 1 is 1.29 bits per heavy atom. The van der Waals surface area contributed by atoms with Crippen LogP contribution in [0.4, 0.5) is 11.4 Å². The van der Waals surface area contributed by atoms with Crippen LogP contribution in [0.25, 0.3) is 0 Å². The fourth-order valence-electron chi connectivity index (χ4n) is 3.45. The highest BCUT2D eigenvalue weighted by atomic mass is 35.5. The van der Waals surface area contributed by atoms with E-state index in [0.29, 0.717) is 36.8 Å². The molecule has 1 atom stereocenters. The number of hydrogen-bond acceptors (Lipinski definition) is 6. The van der Waals surface area contributed by atoms with Crippen molar-refractivity contribution < 1.29 is 19.1 Å². The van der Waals surface area contributed by atoms with Gasteiger partial charge in [-0.05, 0) is 50.0 Å². The van der Waals surface area contributed by atoms with Crippen LogP contribution >= 0.6 is 24.8 Å². The number of rotatable bonds is 6. The number of hydrogen-bond donors (Lipinski definition) is 2. The van der Waals surface area contributed by atoms with Gasteiger partial charge in [-0.25, -0.2) is 4.79 Å². The molecule has 2 aliphatic rings. The number of benzene rings is 1. The van der Waals surface area contributed by atoms with Crippen LogP contribution in [0.15, 0.2) is 18.2 Å². The molecule has 0 spiro atoms. The van der Waals surface area contributed by atoms with Crippen LogP contribution in [0.5, 0.6) is 0 Å². The molecule has 158 valence electrons. The average Bonchev–Trinajstić information content (AvgIpc) is 3.20. The van der Waals surface area contributed by atoms with Crippen molar-refractivity contribution in [2.45, 2.75) is 19.3 Å². The number of morpholine rings is 1. The van der Waals surface area contributed by atoms with Crippen molar-refractivity contribution >= 4 is 48.1 Å². The van der Waals surface area contributed by atoms with Gasteiger partial charge in [-0.15, -0.1) is 24.8 Å². The lowest BCUT2D eigenvalue weighted by molar-refractivity contribution is -0.116. The van der Waals surface area contributed by atoms with Gasteiger partial charge in [-0.1, -0.05) is 0 Å².